The summed E-state index contributed by atoms with van der Waals surface area (Å²) >= 11 is 0. The second-order valence-corrected chi connectivity index (χ2v) is 22.7. The van der Waals surface area contributed by atoms with Crippen LogP contribution in [-0.4, -0.2) is 135 Å². The van der Waals surface area contributed by atoms with Gasteiger partial charge in [0.15, 0.2) is 5.78 Å². The summed E-state index contributed by atoms with van der Waals surface area (Å²) in [5.41, 5.74) is 7.32. The Morgan fingerprint density at radius 1 is 0.874 bits per heavy atom. The number of primary amides is 1. The molecule has 0 saturated carbocycles. The largest absolute Gasteiger partial charge is 0.445 e. The first-order valence-corrected chi connectivity index (χ1v) is 29.6. The Morgan fingerprint density at radius 2 is 1.61 bits per heavy atom. The molecule has 0 unspecified atom stereocenters. The summed E-state index contributed by atoms with van der Waals surface area (Å²) in [6.45, 7) is 3.99. The number of hydrogen-bond acceptors (Lipinski definition) is 12. The summed E-state index contributed by atoms with van der Waals surface area (Å²) in [6.07, 6.45) is 8.01. The van der Waals surface area contributed by atoms with Crippen LogP contribution in [0.4, 0.5) is 28.4 Å². The summed E-state index contributed by atoms with van der Waals surface area (Å²) in [7, 11) is 0. The molecular weight excluding hydrogens is 1130 g/mol. The van der Waals surface area contributed by atoms with Crippen LogP contribution in [0, 0.1) is 35.3 Å². The average molecular weight is 1200 g/mol. The lowest BCUT2D eigenvalue weighted by molar-refractivity contribution is -0.137. The molecule has 8 rings (SSSR count). The summed E-state index contributed by atoms with van der Waals surface area (Å²) in [5, 5.41) is 8.17. The number of carbonyl (C=O) groups excluding carboxylic acids is 8. The van der Waals surface area contributed by atoms with Crippen molar-refractivity contribution in [3.63, 3.8) is 0 Å². The van der Waals surface area contributed by atoms with E-state index in [-0.39, 0.29) is 117 Å². The number of benzene rings is 3. The SMILES string of the molecule is CC(C)[C@H](NC(=O)CCCCCN1C(=O)C=CC1=O)C(=O)C[C@@H](CCCNC(N)=O)C(=O)Nc1ccc(COC(=O)N2C[C@@H](CN(C(=O)c3ccccn3)[C@@H](c3nc(-c4cc(F)ccc4F)cn3Cc3ccccc3)C3CCOCC3)C[C@H]2CF)cc1. The van der Waals surface area contributed by atoms with E-state index in [1.54, 1.807) is 67.4 Å². The number of likely N-dealkylation sites (tertiary alicyclic amines) is 1. The molecular formula is C64H75F3N10O10. The molecule has 2 aromatic heterocycles. The van der Waals surface area contributed by atoms with Crippen molar-refractivity contribution in [3.05, 3.63) is 150 Å². The molecule has 2 saturated heterocycles. The third-order valence-corrected chi connectivity index (χ3v) is 16.0. The highest BCUT2D eigenvalue weighted by atomic mass is 19.1. The molecule has 5 atom stereocenters. The fourth-order valence-corrected chi connectivity index (χ4v) is 11.4. The Hall–Kier alpha value is -8.73. The zero-order chi connectivity index (χ0) is 62.0. The molecule has 20 nitrogen and oxygen atoms in total. The average Bonchev–Trinajstić information content (AvgIpc) is 1.86. The maximum atomic E-state index is 15.5. The van der Waals surface area contributed by atoms with E-state index in [2.05, 4.69) is 20.9 Å². The minimum absolute atomic E-state index is 0.0305. The van der Waals surface area contributed by atoms with Crippen molar-refractivity contribution in [1.29, 1.82) is 0 Å². The number of nitrogens with one attached hydrogen (secondary N) is 3. The number of imidazole rings is 1. The van der Waals surface area contributed by atoms with Crippen molar-refractivity contribution in [2.45, 2.75) is 109 Å². The number of Topliss-reactive ketones (excluding diaryl/α,β-unsaturated/α-hetero) is 1. The van der Waals surface area contributed by atoms with Crippen LogP contribution in [0.25, 0.3) is 11.3 Å². The topological polar surface area (TPSA) is 258 Å². The number of imide groups is 1. The van der Waals surface area contributed by atoms with E-state index >= 15 is 13.6 Å². The van der Waals surface area contributed by atoms with E-state index in [0.717, 1.165) is 28.7 Å². The minimum Gasteiger partial charge on any atom is -0.445 e. The normalized spacial score (nSPS) is 17.0. The summed E-state index contributed by atoms with van der Waals surface area (Å²) < 4.78 is 58.9. The summed E-state index contributed by atoms with van der Waals surface area (Å²) in [6, 6.07) is 20.9. The lowest BCUT2D eigenvalue weighted by Crippen LogP contribution is -2.45. The van der Waals surface area contributed by atoms with Crippen molar-refractivity contribution in [2.75, 3.05) is 51.4 Å². The molecule has 3 aliphatic heterocycles. The van der Waals surface area contributed by atoms with Gasteiger partial charge in [0.2, 0.25) is 11.8 Å². The van der Waals surface area contributed by atoms with Crippen molar-refractivity contribution >= 4 is 53.1 Å². The monoisotopic (exact) mass is 1200 g/mol. The van der Waals surface area contributed by atoms with Crippen LogP contribution in [-0.2, 0) is 46.6 Å². The van der Waals surface area contributed by atoms with Crippen LogP contribution >= 0.6 is 0 Å². The standard InChI is InChI=1S/C64H75F3N10O10/c1-41(2)58(73-55(79)16-7-4-10-29-75-56(80)23-24-57(75)81)54(78)33-46(14-11-28-70-63(68)84)61(82)71-48-20-17-43(18-21-48)40-87-64(85)76-37-44(32-49(76)35-65)38-77(62(83)52-15-8-9-27-69-52)59(45-25-30-86-31-26-45)60-72-53(50-34-47(66)19-22-51(50)67)39-74(60)36-42-12-5-3-6-13-42/h3,5-6,8-9,12-13,15,17-24,27,34,39,41,44-46,49,58-59H,4,7,10-11,14,16,25-26,28-33,35-38,40H2,1-2H3,(H,71,82)(H,73,79)(H3,68,70,84)/t44-,46+,49-,58-,59+/m0/s1. The lowest BCUT2D eigenvalue weighted by Gasteiger charge is -2.39. The molecule has 0 spiro atoms. The van der Waals surface area contributed by atoms with Crippen molar-refractivity contribution < 1.29 is 61.0 Å². The second kappa shape index (κ2) is 31.1. The van der Waals surface area contributed by atoms with Gasteiger partial charge in [0.05, 0.1) is 23.8 Å². The molecule has 23 heteroatoms. The van der Waals surface area contributed by atoms with E-state index in [0.29, 0.717) is 68.8 Å². The van der Waals surface area contributed by atoms with Crippen molar-refractivity contribution in [3.8, 4) is 11.3 Å². The van der Waals surface area contributed by atoms with Gasteiger partial charge in [-0.3, -0.25) is 38.7 Å². The highest BCUT2D eigenvalue weighted by Gasteiger charge is 2.43. The third kappa shape index (κ3) is 17.7. The number of rotatable bonds is 29. The Bertz CT molecular complexity index is 3220. The molecule has 462 valence electrons. The van der Waals surface area contributed by atoms with Gasteiger partial charge in [0.1, 0.15) is 36.4 Å². The van der Waals surface area contributed by atoms with Crippen LogP contribution in [0.5, 0.6) is 0 Å². The van der Waals surface area contributed by atoms with Crippen LogP contribution < -0.4 is 21.7 Å². The number of ether oxygens (including phenoxy) is 2. The zero-order valence-corrected chi connectivity index (χ0v) is 48.9. The molecule has 5 heterocycles. The number of urea groups is 1. The number of ketones is 1. The Balaban J connectivity index is 0.926. The molecule has 5 N–H and O–H groups in total. The maximum absolute atomic E-state index is 15.5. The first-order valence-electron chi connectivity index (χ1n) is 29.6. The smallest absolute Gasteiger partial charge is 0.410 e. The van der Waals surface area contributed by atoms with Crippen LogP contribution in [0.2, 0.25) is 0 Å². The molecule has 5 aromatic rings. The molecule has 2 fully saturated rings. The van der Waals surface area contributed by atoms with Gasteiger partial charge in [0.25, 0.3) is 17.7 Å². The molecule has 0 bridgehead atoms. The summed E-state index contributed by atoms with van der Waals surface area (Å²) in [5.74, 6) is -5.15. The molecule has 0 radical (unpaired) electrons. The van der Waals surface area contributed by atoms with Gasteiger partial charge >= 0.3 is 12.1 Å². The fourth-order valence-electron chi connectivity index (χ4n) is 11.4. The van der Waals surface area contributed by atoms with Crippen LogP contribution in [0.1, 0.15) is 112 Å². The lowest BCUT2D eigenvalue weighted by atomic mass is 9.88. The number of nitrogens with two attached hydrogens (primary N) is 1. The van der Waals surface area contributed by atoms with Crippen LogP contribution in [0.3, 0.4) is 0 Å². The van der Waals surface area contributed by atoms with E-state index < -0.39 is 72.2 Å². The quantitative estimate of drug-likeness (QED) is 0.0260. The van der Waals surface area contributed by atoms with Gasteiger partial charge in [-0.1, -0.05) is 68.8 Å². The van der Waals surface area contributed by atoms with Gasteiger partial charge in [-0.05, 0) is 116 Å². The molecule has 8 amide bonds. The number of anilines is 1. The number of aromatic nitrogens is 3. The fraction of sp³-hybridized carbons (Fsp3) is 0.438. The molecule has 3 aromatic carbocycles. The van der Waals surface area contributed by atoms with Crippen molar-refractivity contribution in [2.24, 2.45) is 29.4 Å². The molecule has 87 heavy (non-hydrogen) atoms. The highest BCUT2D eigenvalue weighted by molar-refractivity contribution is 6.12. The second-order valence-electron chi connectivity index (χ2n) is 22.7. The highest BCUT2D eigenvalue weighted by Crippen LogP contribution is 2.40. The predicted octanol–water partition coefficient (Wildman–Crippen LogP) is 8.47. The van der Waals surface area contributed by atoms with Gasteiger partial charge < -0.3 is 45.5 Å². The van der Waals surface area contributed by atoms with E-state index in [1.165, 1.54) is 23.2 Å². The van der Waals surface area contributed by atoms with Crippen LogP contribution in [0.15, 0.2) is 116 Å². The van der Waals surface area contributed by atoms with Gasteiger partial charge in [-0.25, -0.2) is 27.7 Å². The number of hydrogen-bond donors (Lipinski definition) is 4. The number of alkyl halides is 1. The number of nitrogens with zero attached hydrogens (tertiary/aromatic N) is 6. The van der Waals surface area contributed by atoms with Gasteiger partial charge in [0, 0.05) is 100 Å². The van der Waals surface area contributed by atoms with E-state index in [4.69, 9.17) is 20.2 Å². The minimum atomic E-state index is -0.897. The first kappa shape index (κ1) is 64.3. The maximum Gasteiger partial charge on any atom is 0.410 e. The number of amides is 8. The predicted molar refractivity (Wildman–Crippen MR) is 316 cm³/mol. The van der Waals surface area contributed by atoms with E-state index in [1.807, 2.05) is 34.9 Å². The van der Waals surface area contributed by atoms with Gasteiger partial charge in [-0.15, -0.1) is 0 Å². The number of halogens is 3. The van der Waals surface area contributed by atoms with Crippen molar-refractivity contribution in [1.82, 2.24) is 39.9 Å². The summed E-state index contributed by atoms with van der Waals surface area (Å²) in [4.78, 5) is 119. The molecule has 0 aliphatic carbocycles. The zero-order valence-electron chi connectivity index (χ0n) is 48.9. The van der Waals surface area contributed by atoms with E-state index in [9.17, 15) is 38.0 Å². The number of carbonyl (C=O) groups is 8. The number of pyridine rings is 1. The van der Waals surface area contributed by atoms with Gasteiger partial charge in [-0.2, -0.15) is 0 Å². The third-order valence-electron chi connectivity index (χ3n) is 16.0. The Morgan fingerprint density at radius 3 is 2.30 bits per heavy atom. The Labute approximate surface area is 503 Å². The molecule has 3 aliphatic rings. The Kier molecular flexibility index (Phi) is 23.0. The first-order chi connectivity index (χ1) is 42.0. The number of unbranched alkanes of at least 4 members (excludes halogenated alkanes) is 2.